The molecule has 0 spiro atoms. The van der Waals surface area contributed by atoms with Crippen LogP contribution >= 0.6 is 0 Å². The van der Waals surface area contributed by atoms with Crippen LogP contribution in [0.1, 0.15) is 13.8 Å². The average molecular weight is 348 g/mol. The number of carbonyl (C=O) groups excluding carboxylic acids is 2. The van der Waals surface area contributed by atoms with Crippen molar-refractivity contribution in [2.24, 2.45) is 0 Å². The Balaban J connectivity index is 4.42. The van der Waals surface area contributed by atoms with Gasteiger partial charge in [0.05, 0.1) is 13.2 Å². The molecule has 0 rings (SSSR count). The van der Waals surface area contributed by atoms with Crippen LogP contribution in [-0.2, 0) is 47.7 Å². The summed E-state index contributed by atoms with van der Waals surface area (Å²) in [4.78, 5) is 21.8. The number of hydrogen-bond donors (Lipinski definition) is 0. The second-order valence-electron chi connectivity index (χ2n) is 3.37. The van der Waals surface area contributed by atoms with E-state index in [0.717, 1.165) is 0 Å². The molecule has 0 fully saturated rings. The van der Waals surface area contributed by atoms with Gasteiger partial charge in [0.15, 0.2) is 13.2 Å². The molecular weight excluding hydrogens is 332 g/mol. The highest BCUT2D eigenvalue weighted by molar-refractivity contribution is 8.03. The number of carbonyl (C=O) groups is 2. The van der Waals surface area contributed by atoms with E-state index >= 15 is 0 Å². The number of ether oxygens (including phenoxy) is 2. The maximum Gasteiger partial charge on any atom is 0.333 e. The average Bonchev–Trinajstić information content (AvgIpc) is 2.34. The maximum atomic E-state index is 11.3. The molecule has 0 aliphatic heterocycles. The van der Waals surface area contributed by atoms with Crippen molar-refractivity contribution in [1.82, 2.24) is 0 Å². The Morgan fingerprint density at radius 3 is 1.38 bits per heavy atom. The molecule has 0 aromatic heterocycles. The first kappa shape index (κ1) is 19.8. The zero-order valence-corrected chi connectivity index (χ0v) is 13.1. The zero-order valence-electron chi connectivity index (χ0n) is 11.4. The van der Waals surface area contributed by atoms with E-state index < -0.39 is 50.5 Å². The quantitative estimate of drug-likeness (QED) is 0.348. The molecule has 21 heavy (non-hydrogen) atoms. The van der Waals surface area contributed by atoms with Gasteiger partial charge in [-0.15, -0.1) is 0 Å². The maximum absolute atomic E-state index is 11.3. The van der Waals surface area contributed by atoms with Gasteiger partial charge in [-0.2, -0.15) is 16.8 Å². The molecule has 12 heteroatoms. The molecule has 0 radical (unpaired) electrons. The summed E-state index contributed by atoms with van der Waals surface area (Å²) in [6, 6.07) is 0. The van der Waals surface area contributed by atoms with Crippen LogP contribution in [0.2, 0.25) is 0 Å². The van der Waals surface area contributed by atoms with Gasteiger partial charge in [-0.1, -0.05) is 0 Å². The molecule has 0 atom stereocenters. The zero-order chi connectivity index (χ0) is 16.5. The molecule has 0 aromatic rings. The first-order chi connectivity index (χ1) is 9.62. The van der Waals surface area contributed by atoms with Crippen LogP contribution in [-0.4, -0.2) is 60.3 Å². The second kappa shape index (κ2) is 8.92. The van der Waals surface area contributed by atoms with E-state index in [9.17, 15) is 26.4 Å². The molecular formula is C9H16O10S2. The Morgan fingerprint density at radius 2 is 1.10 bits per heavy atom. The summed E-state index contributed by atoms with van der Waals surface area (Å²) in [5.74, 6) is -1.93. The van der Waals surface area contributed by atoms with Crippen molar-refractivity contribution in [3.05, 3.63) is 0 Å². The summed E-state index contributed by atoms with van der Waals surface area (Å²) in [7, 11) is -9.16. The highest BCUT2D eigenvalue weighted by atomic mass is 32.3. The number of hydrogen-bond acceptors (Lipinski definition) is 10. The van der Waals surface area contributed by atoms with Crippen molar-refractivity contribution < 1.29 is 44.3 Å². The van der Waals surface area contributed by atoms with Crippen LogP contribution < -0.4 is 0 Å². The van der Waals surface area contributed by atoms with E-state index in [4.69, 9.17) is 0 Å². The van der Waals surface area contributed by atoms with E-state index in [2.05, 4.69) is 17.8 Å². The van der Waals surface area contributed by atoms with Crippen molar-refractivity contribution in [2.45, 2.75) is 13.8 Å². The molecule has 0 aliphatic rings. The van der Waals surface area contributed by atoms with Crippen molar-refractivity contribution in [1.29, 1.82) is 0 Å². The third-order valence-corrected chi connectivity index (χ3v) is 4.88. The monoisotopic (exact) mass is 348 g/mol. The highest BCUT2D eigenvalue weighted by Gasteiger charge is 2.26. The van der Waals surface area contributed by atoms with E-state index in [1.165, 1.54) is 13.8 Å². The summed E-state index contributed by atoms with van der Waals surface area (Å²) < 4.78 is 62.4. The van der Waals surface area contributed by atoms with Gasteiger partial charge in [-0.3, -0.25) is 8.37 Å². The molecule has 0 saturated heterocycles. The highest BCUT2D eigenvalue weighted by Crippen LogP contribution is 2.03. The van der Waals surface area contributed by atoms with Crippen LogP contribution in [0.15, 0.2) is 0 Å². The number of esters is 2. The largest absolute Gasteiger partial charge is 0.464 e. The van der Waals surface area contributed by atoms with E-state index in [0.29, 0.717) is 0 Å². The fourth-order valence-corrected chi connectivity index (χ4v) is 3.44. The minimum absolute atomic E-state index is 0.0171. The summed E-state index contributed by atoms with van der Waals surface area (Å²) >= 11 is 0. The molecule has 0 heterocycles. The SMILES string of the molecule is CCOC(=O)COS(=O)(=O)CS(=O)(=O)OCC(=O)OCC. The van der Waals surface area contributed by atoms with Gasteiger partial charge in [0.25, 0.3) is 20.2 Å². The predicted molar refractivity (Wildman–Crippen MR) is 67.9 cm³/mol. The van der Waals surface area contributed by atoms with Gasteiger partial charge in [0.2, 0.25) is 5.08 Å². The molecule has 0 aliphatic carbocycles. The predicted octanol–water partition coefficient (Wildman–Crippen LogP) is -1.24. The van der Waals surface area contributed by atoms with Crippen LogP contribution in [0.5, 0.6) is 0 Å². The topological polar surface area (TPSA) is 139 Å². The molecule has 0 saturated carbocycles. The second-order valence-corrected chi connectivity index (χ2v) is 7.01. The van der Waals surface area contributed by atoms with Crippen LogP contribution in [0, 0.1) is 0 Å². The van der Waals surface area contributed by atoms with Crippen molar-refractivity contribution in [2.75, 3.05) is 31.5 Å². The lowest BCUT2D eigenvalue weighted by Gasteiger charge is -2.07. The van der Waals surface area contributed by atoms with Gasteiger partial charge in [-0.25, -0.2) is 9.59 Å². The molecule has 0 N–H and O–H groups in total. The van der Waals surface area contributed by atoms with Gasteiger partial charge in [0, 0.05) is 0 Å². The van der Waals surface area contributed by atoms with Gasteiger partial charge >= 0.3 is 11.9 Å². The fourth-order valence-electron chi connectivity index (χ4n) is 0.926. The minimum atomic E-state index is -4.58. The minimum Gasteiger partial charge on any atom is -0.464 e. The molecule has 10 nitrogen and oxygen atoms in total. The van der Waals surface area contributed by atoms with Gasteiger partial charge in [-0.05, 0) is 13.8 Å². The molecule has 0 amide bonds. The smallest absolute Gasteiger partial charge is 0.333 e. The van der Waals surface area contributed by atoms with Gasteiger partial charge < -0.3 is 9.47 Å². The van der Waals surface area contributed by atoms with Gasteiger partial charge in [0.1, 0.15) is 0 Å². The first-order valence-corrected chi connectivity index (χ1v) is 8.82. The lowest BCUT2D eigenvalue weighted by molar-refractivity contribution is -0.146. The van der Waals surface area contributed by atoms with E-state index in [-0.39, 0.29) is 13.2 Å². The molecule has 0 bridgehead atoms. The van der Waals surface area contributed by atoms with Crippen molar-refractivity contribution >= 4 is 32.2 Å². The summed E-state index contributed by atoms with van der Waals surface area (Å²) in [6.45, 7) is 1.12. The molecule has 124 valence electrons. The first-order valence-electron chi connectivity index (χ1n) is 5.67. The third kappa shape index (κ3) is 10.2. The lowest BCUT2D eigenvalue weighted by atomic mass is 10.7. The van der Waals surface area contributed by atoms with Crippen molar-refractivity contribution in [3.8, 4) is 0 Å². The molecule has 0 aromatic carbocycles. The Bertz CT molecular complexity index is 497. The number of rotatable bonds is 10. The van der Waals surface area contributed by atoms with Crippen LogP contribution in [0.4, 0.5) is 0 Å². The third-order valence-electron chi connectivity index (χ3n) is 1.61. The Labute approximate surface area is 122 Å². The molecule has 0 unspecified atom stereocenters. The van der Waals surface area contributed by atoms with E-state index in [1.54, 1.807) is 0 Å². The Kier molecular flexibility index (Phi) is 8.39. The van der Waals surface area contributed by atoms with Crippen LogP contribution in [0.3, 0.4) is 0 Å². The van der Waals surface area contributed by atoms with Crippen molar-refractivity contribution in [3.63, 3.8) is 0 Å². The Morgan fingerprint density at radius 1 is 0.762 bits per heavy atom. The Hall–Kier alpha value is -1.24. The van der Waals surface area contributed by atoms with Crippen LogP contribution in [0.25, 0.3) is 0 Å². The standard InChI is InChI=1S/C9H16O10S2/c1-3-16-8(10)5-18-20(12,13)7-21(14,15)19-6-9(11)17-4-2/h3-7H2,1-2H3. The summed E-state index contributed by atoms with van der Waals surface area (Å²) in [5.41, 5.74) is 0. The fraction of sp³-hybridized carbons (Fsp3) is 0.778. The lowest BCUT2D eigenvalue weighted by Crippen LogP contribution is -2.25. The summed E-state index contributed by atoms with van der Waals surface area (Å²) in [5, 5.41) is -1.54. The summed E-state index contributed by atoms with van der Waals surface area (Å²) in [6.07, 6.45) is 0. The normalized spacial score (nSPS) is 11.9. The van der Waals surface area contributed by atoms with E-state index in [1.807, 2.05) is 0 Å².